The summed E-state index contributed by atoms with van der Waals surface area (Å²) in [7, 11) is 1.62. The molecule has 2 aliphatic heterocycles. The summed E-state index contributed by atoms with van der Waals surface area (Å²) in [5, 5.41) is 16.8. The van der Waals surface area contributed by atoms with Crippen LogP contribution in [0.1, 0.15) is 23.2 Å². The van der Waals surface area contributed by atoms with Gasteiger partial charge in [-0.05, 0) is 31.8 Å². The third-order valence-corrected chi connectivity index (χ3v) is 4.71. The molecule has 0 bridgehead atoms. The van der Waals surface area contributed by atoms with E-state index in [4.69, 9.17) is 4.74 Å². The zero-order valence-corrected chi connectivity index (χ0v) is 12.9. The first-order valence-corrected chi connectivity index (χ1v) is 7.91. The third-order valence-electron chi connectivity index (χ3n) is 4.71. The first kappa shape index (κ1) is 15.5. The summed E-state index contributed by atoms with van der Waals surface area (Å²) < 4.78 is 7.20. The molecule has 22 heavy (non-hydrogen) atoms. The maximum Gasteiger partial charge on any atom is 0.254 e. The largest absolute Gasteiger partial charge is 0.389 e. The molecule has 0 spiro atoms. The van der Waals surface area contributed by atoms with Crippen LogP contribution in [-0.2, 0) is 11.3 Å². The summed E-state index contributed by atoms with van der Waals surface area (Å²) in [5.41, 5.74) is 0.603. The van der Waals surface area contributed by atoms with Crippen LogP contribution in [0.25, 0.3) is 0 Å². The van der Waals surface area contributed by atoms with Gasteiger partial charge in [-0.3, -0.25) is 14.4 Å². The van der Waals surface area contributed by atoms with Crippen LogP contribution in [-0.4, -0.2) is 71.2 Å². The van der Waals surface area contributed by atoms with Crippen molar-refractivity contribution in [1.29, 1.82) is 0 Å². The summed E-state index contributed by atoms with van der Waals surface area (Å²) in [6.45, 7) is 3.91. The summed E-state index contributed by atoms with van der Waals surface area (Å²) in [4.78, 5) is 13.9. The molecule has 122 valence electrons. The van der Waals surface area contributed by atoms with Crippen molar-refractivity contribution < 1.29 is 14.6 Å². The smallest absolute Gasteiger partial charge is 0.254 e. The van der Waals surface area contributed by atoms with Crippen LogP contribution in [0.15, 0.2) is 12.4 Å². The van der Waals surface area contributed by atoms with Crippen LogP contribution < -0.4 is 5.32 Å². The molecule has 2 fully saturated rings. The van der Waals surface area contributed by atoms with Crippen molar-refractivity contribution in [3.63, 3.8) is 0 Å². The summed E-state index contributed by atoms with van der Waals surface area (Å²) in [6, 6.07) is 0.158. The Labute approximate surface area is 130 Å². The monoisotopic (exact) mass is 308 g/mol. The van der Waals surface area contributed by atoms with Crippen LogP contribution in [0.4, 0.5) is 0 Å². The Kier molecular flexibility index (Phi) is 4.75. The lowest BCUT2D eigenvalue weighted by Crippen LogP contribution is -2.47. The fourth-order valence-electron chi connectivity index (χ4n) is 3.34. The van der Waals surface area contributed by atoms with E-state index >= 15 is 0 Å². The van der Waals surface area contributed by atoms with Crippen LogP contribution in [0.5, 0.6) is 0 Å². The number of aliphatic hydroxyl groups is 1. The van der Waals surface area contributed by atoms with Gasteiger partial charge in [0.1, 0.15) is 0 Å². The number of aliphatic hydroxyl groups excluding tert-OH is 1. The molecule has 1 aromatic heterocycles. The lowest BCUT2D eigenvalue weighted by atomic mass is 9.95. The average Bonchev–Trinajstić information content (AvgIpc) is 3.16. The van der Waals surface area contributed by atoms with Gasteiger partial charge in [-0.25, -0.2) is 0 Å². The van der Waals surface area contributed by atoms with Crippen molar-refractivity contribution in [3.8, 4) is 0 Å². The van der Waals surface area contributed by atoms with Gasteiger partial charge < -0.3 is 15.2 Å². The van der Waals surface area contributed by atoms with Crippen molar-refractivity contribution in [2.45, 2.75) is 31.5 Å². The van der Waals surface area contributed by atoms with Crippen molar-refractivity contribution in [3.05, 3.63) is 18.0 Å². The second-order valence-corrected chi connectivity index (χ2v) is 6.18. The van der Waals surface area contributed by atoms with E-state index in [1.54, 1.807) is 19.4 Å². The number of rotatable bonds is 4. The first-order valence-electron chi connectivity index (χ1n) is 7.91. The molecule has 0 radical (unpaired) electrons. The van der Waals surface area contributed by atoms with Gasteiger partial charge in [-0.1, -0.05) is 0 Å². The molecule has 0 unspecified atom stereocenters. The molecule has 2 atom stereocenters. The number of nitrogens with zero attached hydrogens (tertiary/aromatic N) is 3. The Morgan fingerprint density at radius 1 is 1.45 bits per heavy atom. The van der Waals surface area contributed by atoms with Crippen LogP contribution in [0.3, 0.4) is 0 Å². The standard InChI is InChI=1S/C15H24N4O3/c1-16-15(21)12-6-17-19(8-12)7-11-2-4-18(5-3-11)13-9-22-10-14(13)20/h6,8,11,13-14,20H,2-5,7,9-10H2,1H3,(H,16,21)/t13-,14-/m1/s1. The molecule has 0 saturated carbocycles. The van der Waals surface area contributed by atoms with E-state index in [0.717, 1.165) is 32.5 Å². The first-order chi connectivity index (χ1) is 10.7. The molecule has 0 aromatic carbocycles. The number of ether oxygens (including phenoxy) is 1. The molecule has 7 heteroatoms. The average molecular weight is 308 g/mol. The van der Waals surface area contributed by atoms with E-state index in [-0.39, 0.29) is 18.1 Å². The molecule has 1 amide bonds. The predicted octanol–water partition coefficient (Wildman–Crippen LogP) is -0.286. The Bertz CT molecular complexity index is 511. The lowest BCUT2D eigenvalue weighted by molar-refractivity contribution is 0.0559. The minimum atomic E-state index is -0.349. The summed E-state index contributed by atoms with van der Waals surface area (Å²) in [5.74, 6) is 0.462. The van der Waals surface area contributed by atoms with Gasteiger partial charge in [0, 0.05) is 19.8 Å². The normalized spacial score (nSPS) is 27.2. The minimum absolute atomic E-state index is 0.101. The number of likely N-dealkylation sites (tertiary alicyclic amines) is 1. The number of carbonyl (C=O) groups excluding carboxylic acids is 1. The Morgan fingerprint density at radius 3 is 2.86 bits per heavy atom. The van der Waals surface area contributed by atoms with Gasteiger partial charge in [-0.2, -0.15) is 5.10 Å². The number of piperidine rings is 1. The molecule has 1 aromatic rings. The zero-order chi connectivity index (χ0) is 15.5. The fraction of sp³-hybridized carbons (Fsp3) is 0.733. The SMILES string of the molecule is CNC(=O)c1cnn(CC2CCN([C@@H]3COC[C@H]3O)CC2)c1. The molecule has 2 N–H and O–H groups in total. The van der Waals surface area contributed by atoms with Gasteiger partial charge >= 0.3 is 0 Å². The van der Waals surface area contributed by atoms with Gasteiger partial charge in [0.15, 0.2) is 0 Å². The second kappa shape index (κ2) is 6.76. The lowest BCUT2D eigenvalue weighted by Gasteiger charge is -2.36. The zero-order valence-electron chi connectivity index (χ0n) is 12.9. The van der Waals surface area contributed by atoms with Crippen LogP contribution in [0, 0.1) is 5.92 Å². The van der Waals surface area contributed by atoms with Crippen LogP contribution >= 0.6 is 0 Å². The van der Waals surface area contributed by atoms with Crippen LogP contribution in [0.2, 0.25) is 0 Å². The predicted molar refractivity (Wildman–Crippen MR) is 80.5 cm³/mol. The molecule has 2 saturated heterocycles. The Balaban J connectivity index is 1.49. The van der Waals surface area contributed by atoms with E-state index < -0.39 is 0 Å². The quantitative estimate of drug-likeness (QED) is 0.799. The van der Waals surface area contributed by atoms with E-state index in [1.165, 1.54) is 0 Å². The van der Waals surface area contributed by atoms with Crippen molar-refractivity contribution in [2.75, 3.05) is 33.4 Å². The van der Waals surface area contributed by atoms with Gasteiger partial charge in [0.2, 0.25) is 0 Å². The van der Waals surface area contributed by atoms with Crippen molar-refractivity contribution in [1.82, 2.24) is 20.0 Å². The van der Waals surface area contributed by atoms with Gasteiger partial charge in [-0.15, -0.1) is 0 Å². The van der Waals surface area contributed by atoms with E-state index in [1.807, 2.05) is 4.68 Å². The summed E-state index contributed by atoms with van der Waals surface area (Å²) >= 11 is 0. The highest BCUT2D eigenvalue weighted by Crippen LogP contribution is 2.23. The maximum absolute atomic E-state index is 11.5. The fourth-order valence-corrected chi connectivity index (χ4v) is 3.34. The van der Waals surface area contributed by atoms with E-state index in [9.17, 15) is 9.90 Å². The highest BCUT2D eigenvalue weighted by molar-refractivity contribution is 5.93. The highest BCUT2D eigenvalue weighted by Gasteiger charge is 2.33. The highest BCUT2D eigenvalue weighted by atomic mass is 16.5. The molecule has 3 heterocycles. The van der Waals surface area contributed by atoms with Gasteiger partial charge in [0.05, 0.1) is 37.1 Å². The number of carbonyl (C=O) groups is 1. The number of hydrogen-bond acceptors (Lipinski definition) is 5. The minimum Gasteiger partial charge on any atom is -0.389 e. The molecule has 2 aliphatic rings. The van der Waals surface area contributed by atoms with Crippen molar-refractivity contribution >= 4 is 5.91 Å². The number of aromatic nitrogens is 2. The van der Waals surface area contributed by atoms with E-state index in [2.05, 4.69) is 15.3 Å². The molecule has 7 nitrogen and oxygen atoms in total. The number of amides is 1. The number of hydrogen-bond donors (Lipinski definition) is 2. The summed E-state index contributed by atoms with van der Waals surface area (Å²) in [6.07, 6.45) is 5.23. The Morgan fingerprint density at radius 2 is 2.23 bits per heavy atom. The topological polar surface area (TPSA) is 79.6 Å². The molecular formula is C15H24N4O3. The number of nitrogens with one attached hydrogen (secondary N) is 1. The maximum atomic E-state index is 11.5. The van der Waals surface area contributed by atoms with Crippen molar-refractivity contribution in [2.24, 2.45) is 5.92 Å². The molecular weight excluding hydrogens is 284 g/mol. The Hall–Kier alpha value is -1.44. The van der Waals surface area contributed by atoms with E-state index in [0.29, 0.717) is 24.7 Å². The van der Waals surface area contributed by atoms with Gasteiger partial charge in [0.25, 0.3) is 5.91 Å². The second-order valence-electron chi connectivity index (χ2n) is 6.18. The molecule has 0 aliphatic carbocycles. The third kappa shape index (κ3) is 3.31. The molecule has 3 rings (SSSR count).